The monoisotopic (exact) mass is 195 g/mol. The predicted octanol–water partition coefficient (Wildman–Crippen LogP) is 4.59. The molecule has 0 N–H and O–H groups in total. The molecule has 1 heteroatoms. The van der Waals surface area contributed by atoms with Gasteiger partial charge in [-0.3, -0.25) is 4.99 Å². The first-order chi connectivity index (χ1) is 6.61. The highest BCUT2D eigenvalue weighted by atomic mass is 14.7. The maximum atomic E-state index is 4.59. The fraction of sp³-hybridized carbons (Fsp3) is 0.769. The first kappa shape index (κ1) is 13.4. The van der Waals surface area contributed by atoms with Crippen LogP contribution >= 0.6 is 0 Å². The standard InChI is InChI=1S/C13H25N/c1-6-8-12(5)10-14-13(9-7-2)11(3)4/h10-11H,6-9H2,1-5H3/b12-10+,14-13?. The van der Waals surface area contributed by atoms with E-state index in [1.807, 2.05) is 0 Å². The van der Waals surface area contributed by atoms with Crippen LogP contribution in [-0.4, -0.2) is 5.71 Å². The molecule has 1 nitrogen and oxygen atoms in total. The lowest BCUT2D eigenvalue weighted by molar-refractivity contribution is 0.826. The van der Waals surface area contributed by atoms with Crippen molar-refractivity contribution in [1.29, 1.82) is 0 Å². The number of aliphatic imine (C=N–C) groups is 1. The van der Waals surface area contributed by atoms with E-state index in [9.17, 15) is 0 Å². The van der Waals surface area contributed by atoms with E-state index < -0.39 is 0 Å². The van der Waals surface area contributed by atoms with Crippen LogP contribution in [0, 0.1) is 5.92 Å². The maximum absolute atomic E-state index is 4.59. The smallest absolute Gasteiger partial charge is 0.0256 e. The SMILES string of the molecule is CCCC(=N/C=C(\C)CCC)C(C)C. The third kappa shape index (κ3) is 5.95. The Kier molecular flexibility index (Phi) is 7.45. The first-order valence-corrected chi connectivity index (χ1v) is 5.84. The molecule has 0 rings (SSSR count). The Hall–Kier alpha value is -0.590. The van der Waals surface area contributed by atoms with Gasteiger partial charge in [-0.05, 0) is 25.7 Å². The van der Waals surface area contributed by atoms with Crippen molar-refractivity contribution in [3.63, 3.8) is 0 Å². The summed E-state index contributed by atoms with van der Waals surface area (Å²) < 4.78 is 0. The van der Waals surface area contributed by atoms with Crippen molar-refractivity contribution in [1.82, 2.24) is 0 Å². The van der Waals surface area contributed by atoms with Crippen molar-refractivity contribution in [2.24, 2.45) is 10.9 Å². The van der Waals surface area contributed by atoms with E-state index in [0.29, 0.717) is 5.92 Å². The molecule has 0 bridgehead atoms. The van der Waals surface area contributed by atoms with Gasteiger partial charge in [0.1, 0.15) is 0 Å². The highest BCUT2D eigenvalue weighted by Crippen LogP contribution is 2.08. The Balaban J connectivity index is 4.34. The molecule has 0 aromatic heterocycles. The zero-order chi connectivity index (χ0) is 11.0. The van der Waals surface area contributed by atoms with E-state index in [1.165, 1.54) is 30.5 Å². The zero-order valence-corrected chi connectivity index (χ0v) is 10.4. The molecule has 82 valence electrons. The average Bonchev–Trinajstić information content (AvgIpc) is 2.12. The molecule has 0 radical (unpaired) electrons. The number of allylic oxidation sites excluding steroid dienone is 1. The number of hydrogen-bond donors (Lipinski definition) is 0. The summed E-state index contributed by atoms with van der Waals surface area (Å²) in [6.07, 6.45) is 6.75. The van der Waals surface area contributed by atoms with E-state index in [-0.39, 0.29) is 0 Å². The molecule has 0 aliphatic heterocycles. The average molecular weight is 195 g/mol. The largest absolute Gasteiger partial charge is 0.265 e. The summed E-state index contributed by atoms with van der Waals surface area (Å²) in [6, 6.07) is 0. The number of rotatable bonds is 6. The molecular formula is C13H25N. The van der Waals surface area contributed by atoms with E-state index in [1.54, 1.807) is 0 Å². The second kappa shape index (κ2) is 7.78. The summed E-state index contributed by atoms with van der Waals surface area (Å²) in [5.74, 6) is 0.584. The molecule has 0 fully saturated rings. The minimum Gasteiger partial charge on any atom is -0.265 e. The van der Waals surface area contributed by atoms with Gasteiger partial charge in [0.25, 0.3) is 0 Å². The van der Waals surface area contributed by atoms with Crippen molar-refractivity contribution in [3.8, 4) is 0 Å². The van der Waals surface area contributed by atoms with Gasteiger partial charge < -0.3 is 0 Å². The van der Waals surface area contributed by atoms with Crippen LogP contribution < -0.4 is 0 Å². The van der Waals surface area contributed by atoms with Crippen LogP contribution in [0.1, 0.15) is 60.3 Å². The quantitative estimate of drug-likeness (QED) is 0.550. The van der Waals surface area contributed by atoms with Crippen LogP contribution in [0.3, 0.4) is 0 Å². The van der Waals surface area contributed by atoms with E-state index >= 15 is 0 Å². The molecule has 0 spiro atoms. The summed E-state index contributed by atoms with van der Waals surface area (Å²) in [5, 5.41) is 0. The molecule has 0 atom stereocenters. The highest BCUT2D eigenvalue weighted by Gasteiger charge is 2.02. The summed E-state index contributed by atoms with van der Waals surface area (Å²) in [7, 11) is 0. The Bertz CT molecular complexity index is 199. The minimum atomic E-state index is 0.584. The molecule has 0 aromatic rings. The van der Waals surface area contributed by atoms with Crippen LogP contribution in [0.25, 0.3) is 0 Å². The van der Waals surface area contributed by atoms with Gasteiger partial charge in [0.2, 0.25) is 0 Å². The maximum Gasteiger partial charge on any atom is 0.0256 e. The summed E-state index contributed by atoms with van der Waals surface area (Å²) >= 11 is 0. The topological polar surface area (TPSA) is 12.4 Å². The van der Waals surface area contributed by atoms with E-state index in [4.69, 9.17) is 0 Å². The first-order valence-electron chi connectivity index (χ1n) is 5.84. The molecule has 0 saturated heterocycles. The number of nitrogens with zero attached hydrogens (tertiary/aromatic N) is 1. The van der Waals surface area contributed by atoms with Crippen molar-refractivity contribution >= 4 is 5.71 Å². The van der Waals surface area contributed by atoms with Crippen molar-refractivity contribution in [3.05, 3.63) is 11.8 Å². The second-order valence-corrected chi connectivity index (χ2v) is 4.25. The summed E-state index contributed by atoms with van der Waals surface area (Å²) in [4.78, 5) is 4.59. The minimum absolute atomic E-state index is 0.584. The number of hydrogen-bond acceptors (Lipinski definition) is 1. The molecular weight excluding hydrogens is 170 g/mol. The van der Waals surface area contributed by atoms with Crippen LogP contribution in [0.4, 0.5) is 0 Å². The summed E-state index contributed by atoms with van der Waals surface area (Å²) in [5.41, 5.74) is 2.73. The molecule has 0 amide bonds. The Morgan fingerprint density at radius 1 is 1.14 bits per heavy atom. The van der Waals surface area contributed by atoms with Gasteiger partial charge in [-0.15, -0.1) is 0 Å². The third-order valence-electron chi connectivity index (χ3n) is 2.27. The van der Waals surface area contributed by atoms with Gasteiger partial charge >= 0.3 is 0 Å². The Morgan fingerprint density at radius 3 is 2.14 bits per heavy atom. The van der Waals surface area contributed by atoms with Gasteiger partial charge in [-0.1, -0.05) is 46.1 Å². The lowest BCUT2D eigenvalue weighted by Crippen LogP contribution is -2.06. The molecule has 14 heavy (non-hydrogen) atoms. The molecule has 0 aliphatic rings. The molecule has 0 unspecified atom stereocenters. The van der Waals surface area contributed by atoms with Crippen LogP contribution in [0.15, 0.2) is 16.8 Å². The zero-order valence-electron chi connectivity index (χ0n) is 10.4. The lowest BCUT2D eigenvalue weighted by Gasteiger charge is -2.07. The van der Waals surface area contributed by atoms with Crippen molar-refractivity contribution < 1.29 is 0 Å². The lowest BCUT2D eigenvalue weighted by atomic mass is 10.0. The van der Waals surface area contributed by atoms with Crippen molar-refractivity contribution in [2.45, 2.75) is 60.3 Å². The van der Waals surface area contributed by atoms with Crippen LogP contribution in [-0.2, 0) is 0 Å². The fourth-order valence-corrected chi connectivity index (χ4v) is 1.41. The van der Waals surface area contributed by atoms with Gasteiger partial charge in [-0.2, -0.15) is 0 Å². The second-order valence-electron chi connectivity index (χ2n) is 4.25. The molecule has 0 heterocycles. The van der Waals surface area contributed by atoms with Gasteiger partial charge in [0.05, 0.1) is 0 Å². The predicted molar refractivity (Wildman–Crippen MR) is 65.8 cm³/mol. The third-order valence-corrected chi connectivity index (χ3v) is 2.27. The molecule has 0 aromatic carbocycles. The molecule has 0 aliphatic carbocycles. The van der Waals surface area contributed by atoms with Crippen LogP contribution in [0.5, 0.6) is 0 Å². The fourth-order valence-electron chi connectivity index (χ4n) is 1.41. The van der Waals surface area contributed by atoms with Crippen molar-refractivity contribution in [2.75, 3.05) is 0 Å². The normalized spacial score (nSPS) is 13.9. The van der Waals surface area contributed by atoms with E-state index in [2.05, 4.69) is 45.8 Å². The van der Waals surface area contributed by atoms with Gasteiger partial charge in [-0.25, -0.2) is 0 Å². The van der Waals surface area contributed by atoms with Crippen LogP contribution in [0.2, 0.25) is 0 Å². The van der Waals surface area contributed by atoms with Gasteiger partial charge in [0, 0.05) is 11.9 Å². The molecule has 0 saturated carbocycles. The Labute approximate surface area is 89.3 Å². The summed E-state index contributed by atoms with van der Waals surface area (Å²) in [6.45, 7) is 11.0. The van der Waals surface area contributed by atoms with Gasteiger partial charge in [0.15, 0.2) is 0 Å². The highest BCUT2D eigenvalue weighted by molar-refractivity contribution is 5.86. The Morgan fingerprint density at radius 2 is 1.71 bits per heavy atom. The van der Waals surface area contributed by atoms with E-state index in [0.717, 1.165) is 6.42 Å².